The van der Waals surface area contributed by atoms with E-state index >= 15 is 0 Å². The van der Waals surface area contributed by atoms with Crippen LogP contribution < -0.4 is 10.6 Å². The van der Waals surface area contributed by atoms with E-state index in [1.807, 2.05) is 12.1 Å². The molecule has 1 aliphatic heterocycles. The first kappa shape index (κ1) is 14.6. The maximum absolute atomic E-state index is 4.64. The highest BCUT2D eigenvalue weighted by atomic mass is 35.5. The molecule has 0 amide bonds. The average molecular weight is 287 g/mol. The lowest BCUT2D eigenvalue weighted by atomic mass is 10.0. The highest BCUT2D eigenvalue weighted by Gasteiger charge is 2.14. The Bertz CT molecular complexity index is 537. The largest absolute Gasteiger partial charge is 0.372 e. The molecule has 1 atom stereocenters. The molecule has 0 aromatic heterocycles. The molecule has 0 spiro atoms. The maximum atomic E-state index is 4.64. The third-order valence-electron chi connectivity index (χ3n) is 3.18. The predicted molar refractivity (Wildman–Crippen MR) is 86.5 cm³/mol. The summed E-state index contributed by atoms with van der Waals surface area (Å²) in [4.78, 5) is 0. The molecule has 0 radical (unpaired) electrons. The van der Waals surface area contributed by atoms with Gasteiger partial charge in [0, 0.05) is 12.1 Å². The molecule has 1 heterocycles. The monoisotopic (exact) mass is 286 g/mol. The van der Waals surface area contributed by atoms with E-state index in [0.29, 0.717) is 0 Å². The van der Waals surface area contributed by atoms with E-state index in [2.05, 4.69) is 76.8 Å². The fourth-order valence-electron chi connectivity index (χ4n) is 2.23. The van der Waals surface area contributed by atoms with Gasteiger partial charge in [-0.1, -0.05) is 60.7 Å². The molecule has 0 saturated heterocycles. The van der Waals surface area contributed by atoms with Crippen molar-refractivity contribution in [3.63, 3.8) is 0 Å². The maximum Gasteiger partial charge on any atom is 0.0660 e. The van der Waals surface area contributed by atoms with Crippen molar-refractivity contribution in [2.45, 2.75) is 6.04 Å². The van der Waals surface area contributed by atoms with Crippen molar-refractivity contribution in [2.24, 2.45) is 0 Å². The van der Waals surface area contributed by atoms with Crippen LogP contribution in [0, 0.1) is 0 Å². The summed E-state index contributed by atoms with van der Waals surface area (Å²) in [7, 11) is 0. The van der Waals surface area contributed by atoms with E-state index in [4.69, 9.17) is 0 Å². The summed E-state index contributed by atoms with van der Waals surface area (Å²) < 4.78 is 0. The normalized spacial score (nSPS) is 17.3. The number of hydrogen-bond donors (Lipinski definition) is 2. The van der Waals surface area contributed by atoms with Gasteiger partial charge in [0.1, 0.15) is 0 Å². The summed E-state index contributed by atoms with van der Waals surface area (Å²) in [5.74, 6) is 0. The molecule has 0 bridgehead atoms. The standard InChI is InChI=1S/C16H16N2.CH3Cl/c1-3-7-13(8-4-1)15-11-16(18-12-17-15)14-9-5-2-6-10-14;1-2/h1-11,15,17-18H,12H2;1H3. The minimum absolute atomic E-state index is 0.280. The second-order valence-corrected chi connectivity index (χ2v) is 4.39. The van der Waals surface area contributed by atoms with Crippen molar-refractivity contribution in [3.05, 3.63) is 77.9 Å². The van der Waals surface area contributed by atoms with Gasteiger partial charge in [-0.05, 0) is 17.2 Å². The number of hydrogen-bond acceptors (Lipinski definition) is 2. The minimum Gasteiger partial charge on any atom is -0.372 e. The zero-order valence-electron chi connectivity index (χ0n) is 11.5. The van der Waals surface area contributed by atoms with Gasteiger partial charge in [-0.2, -0.15) is 0 Å². The summed E-state index contributed by atoms with van der Waals surface area (Å²) in [6.45, 7) is 0.792. The zero-order chi connectivity index (χ0) is 14.2. The molecular weight excluding hydrogens is 268 g/mol. The molecule has 1 unspecified atom stereocenters. The van der Waals surface area contributed by atoms with Crippen molar-refractivity contribution in [1.29, 1.82) is 0 Å². The molecule has 3 heteroatoms. The molecule has 2 aromatic rings. The van der Waals surface area contributed by atoms with Gasteiger partial charge in [-0.25, -0.2) is 0 Å². The van der Waals surface area contributed by atoms with Gasteiger partial charge in [-0.3, -0.25) is 5.32 Å². The Labute approximate surface area is 125 Å². The first-order valence-electron chi connectivity index (χ1n) is 6.61. The van der Waals surface area contributed by atoms with Gasteiger partial charge in [0.25, 0.3) is 0 Å². The molecular formula is C17H19ClN2. The molecule has 2 nitrogen and oxygen atoms in total. The highest BCUT2D eigenvalue weighted by Crippen LogP contribution is 2.22. The molecule has 3 rings (SSSR count). The van der Waals surface area contributed by atoms with Crippen LogP contribution in [-0.2, 0) is 0 Å². The van der Waals surface area contributed by atoms with Crippen LogP contribution in [0.3, 0.4) is 0 Å². The van der Waals surface area contributed by atoms with Gasteiger partial charge in [0.05, 0.1) is 12.7 Å². The lowest BCUT2D eigenvalue weighted by Crippen LogP contribution is -2.35. The molecule has 0 fully saturated rings. The Balaban J connectivity index is 0.000000704. The summed E-state index contributed by atoms with van der Waals surface area (Å²) in [5.41, 5.74) is 3.73. The van der Waals surface area contributed by atoms with E-state index in [0.717, 1.165) is 6.67 Å². The molecule has 2 aromatic carbocycles. The number of rotatable bonds is 2. The van der Waals surface area contributed by atoms with Crippen LogP contribution in [0.15, 0.2) is 66.7 Å². The lowest BCUT2D eigenvalue weighted by Gasteiger charge is -2.25. The predicted octanol–water partition coefficient (Wildman–Crippen LogP) is 3.77. The quantitative estimate of drug-likeness (QED) is 0.821. The second kappa shape index (κ2) is 7.73. The highest BCUT2D eigenvalue weighted by molar-refractivity contribution is 6.15. The van der Waals surface area contributed by atoms with Crippen LogP contribution in [0.4, 0.5) is 0 Å². The molecule has 20 heavy (non-hydrogen) atoms. The van der Waals surface area contributed by atoms with Gasteiger partial charge in [-0.15, -0.1) is 11.6 Å². The third kappa shape index (κ3) is 3.62. The van der Waals surface area contributed by atoms with E-state index in [-0.39, 0.29) is 6.04 Å². The molecule has 104 valence electrons. The number of alkyl halides is 1. The zero-order valence-corrected chi connectivity index (χ0v) is 12.3. The summed E-state index contributed by atoms with van der Waals surface area (Å²) in [6, 6.07) is 21.2. The van der Waals surface area contributed by atoms with Crippen LogP contribution in [0.5, 0.6) is 0 Å². The average Bonchev–Trinajstić information content (AvgIpc) is 2.58. The lowest BCUT2D eigenvalue weighted by molar-refractivity contribution is 0.574. The van der Waals surface area contributed by atoms with Crippen molar-refractivity contribution >= 4 is 17.3 Å². The number of benzene rings is 2. The number of nitrogens with one attached hydrogen (secondary N) is 2. The SMILES string of the molecule is C1=C(c2ccccc2)NCNC1c1ccccc1.CCl. The Morgan fingerprint density at radius 2 is 1.50 bits per heavy atom. The Morgan fingerprint density at radius 1 is 0.900 bits per heavy atom. The van der Waals surface area contributed by atoms with Crippen LogP contribution >= 0.6 is 11.6 Å². The smallest absolute Gasteiger partial charge is 0.0660 e. The van der Waals surface area contributed by atoms with E-state index in [1.165, 1.54) is 23.2 Å². The summed E-state index contributed by atoms with van der Waals surface area (Å²) >= 11 is 4.64. The van der Waals surface area contributed by atoms with Crippen molar-refractivity contribution in [3.8, 4) is 0 Å². The van der Waals surface area contributed by atoms with Gasteiger partial charge < -0.3 is 5.32 Å². The minimum atomic E-state index is 0.280. The first-order valence-corrected chi connectivity index (χ1v) is 7.36. The first-order chi connectivity index (χ1) is 9.93. The summed E-state index contributed by atoms with van der Waals surface area (Å²) in [5, 5.41) is 6.83. The molecule has 2 N–H and O–H groups in total. The Hall–Kier alpha value is -1.77. The third-order valence-corrected chi connectivity index (χ3v) is 3.18. The van der Waals surface area contributed by atoms with Crippen LogP contribution in [-0.4, -0.2) is 13.1 Å². The van der Waals surface area contributed by atoms with Crippen molar-refractivity contribution in [2.75, 3.05) is 13.1 Å². The Morgan fingerprint density at radius 3 is 2.15 bits per heavy atom. The topological polar surface area (TPSA) is 24.1 Å². The Kier molecular flexibility index (Phi) is 5.66. The summed E-state index contributed by atoms with van der Waals surface area (Å²) in [6.07, 6.45) is 3.72. The van der Waals surface area contributed by atoms with E-state index in [1.54, 1.807) is 0 Å². The molecule has 0 aliphatic carbocycles. The van der Waals surface area contributed by atoms with Crippen LogP contribution in [0.1, 0.15) is 17.2 Å². The fourth-order valence-corrected chi connectivity index (χ4v) is 2.23. The van der Waals surface area contributed by atoms with Crippen LogP contribution in [0.25, 0.3) is 5.70 Å². The molecule has 0 saturated carbocycles. The van der Waals surface area contributed by atoms with Crippen molar-refractivity contribution < 1.29 is 0 Å². The van der Waals surface area contributed by atoms with Gasteiger partial charge in [0.15, 0.2) is 0 Å². The molecule has 1 aliphatic rings. The van der Waals surface area contributed by atoms with Gasteiger partial charge >= 0.3 is 0 Å². The second-order valence-electron chi connectivity index (χ2n) is 4.39. The van der Waals surface area contributed by atoms with E-state index in [9.17, 15) is 0 Å². The van der Waals surface area contributed by atoms with Crippen molar-refractivity contribution in [1.82, 2.24) is 10.6 Å². The fraction of sp³-hybridized carbons (Fsp3) is 0.176. The van der Waals surface area contributed by atoms with E-state index < -0.39 is 0 Å². The van der Waals surface area contributed by atoms with Gasteiger partial charge in [0.2, 0.25) is 0 Å². The number of halogens is 1. The van der Waals surface area contributed by atoms with Crippen LogP contribution in [0.2, 0.25) is 0 Å².